The van der Waals surface area contributed by atoms with Gasteiger partial charge in [-0.05, 0) is 52.5 Å². The minimum Gasteiger partial charge on any atom is -0.393 e. The summed E-state index contributed by atoms with van der Waals surface area (Å²) in [7, 11) is 0. The van der Waals surface area contributed by atoms with E-state index in [9.17, 15) is 9.90 Å². The molecule has 1 aliphatic carbocycles. The fraction of sp³-hybridized carbons (Fsp3) is 0.923. The molecule has 4 nitrogen and oxygen atoms in total. The smallest absolute Gasteiger partial charge is 0.234 e. The number of nitrogens with one attached hydrogen (secondary N) is 2. The molecule has 1 rings (SSSR count). The molecule has 0 saturated heterocycles. The van der Waals surface area contributed by atoms with E-state index in [-0.39, 0.29) is 17.6 Å². The van der Waals surface area contributed by atoms with Gasteiger partial charge >= 0.3 is 0 Å². The molecule has 0 bridgehead atoms. The van der Waals surface area contributed by atoms with Crippen LogP contribution in [0.15, 0.2) is 0 Å². The molecule has 0 spiro atoms. The Hall–Kier alpha value is -0.610. The van der Waals surface area contributed by atoms with Crippen LogP contribution in [0, 0.1) is 5.92 Å². The number of aliphatic hydroxyl groups is 1. The van der Waals surface area contributed by atoms with Crippen molar-refractivity contribution in [3.8, 4) is 0 Å². The molecule has 100 valence electrons. The second-order valence-electron chi connectivity index (χ2n) is 6.12. The first-order valence-corrected chi connectivity index (χ1v) is 6.56. The maximum Gasteiger partial charge on any atom is 0.234 e. The molecule has 0 heterocycles. The van der Waals surface area contributed by atoms with Crippen molar-refractivity contribution in [3.05, 3.63) is 0 Å². The standard InChI is InChI=1S/C13H26N2O2/c1-13(2,3)15-12(17)9-14-8-10-5-4-6-11(16)7-10/h10-11,14,16H,4-9H2,1-3H3,(H,15,17). The normalized spacial score (nSPS) is 25.6. The Morgan fingerprint density at radius 2 is 2.06 bits per heavy atom. The summed E-state index contributed by atoms with van der Waals surface area (Å²) < 4.78 is 0. The second-order valence-corrected chi connectivity index (χ2v) is 6.12. The van der Waals surface area contributed by atoms with E-state index in [0.717, 1.165) is 32.2 Å². The average molecular weight is 242 g/mol. The summed E-state index contributed by atoms with van der Waals surface area (Å²) in [4.78, 5) is 11.5. The Labute approximate surface area is 104 Å². The van der Waals surface area contributed by atoms with Gasteiger partial charge in [0, 0.05) is 5.54 Å². The van der Waals surface area contributed by atoms with Crippen molar-refractivity contribution in [2.24, 2.45) is 5.92 Å². The van der Waals surface area contributed by atoms with Crippen LogP contribution in [-0.4, -0.2) is 35.7 Å². The maximum absolute atomic E-state index is 11.5. The number of rotatable bonds is 4. The lowest BCUT2D eigenvalue weighted by molar-refractivity contribution is -0.121. The van der Waals surface area contributed by atoms with Crippen molar-refractivity contribution < 1.29 is 9.90 Å². The number of hydrogen-bond donors (Lipinski definition) is 3. The topological polar surface area (TPSA) is 61.4 Å². The molecule has 0 aromatic carbocycles. The van der Waals surface area contributed by atoms with Gasteiger partial charge in [0.1, 0.15) is 0 Å². The van der Waals surface area contributed by atoms with Gasteiger partial charge in [0.2, 0.25) is 5.91 Å². The van der Waals surface area contributed by atoms with Gasteiger partial charge in [-0.3, -0.25) is 4.79 Å². The van der Waals surface area contributed by atoms with Crippen LogP contribution >= 0.6 is 0 Å². The van der Waals surface area contributed by atoms with Crippen LogP contribution in [0.3, 0.4) is 0 Å². The van der Waals surface area contributed by atoms with Crippen LogP contribution in [0.2, 0.25) is 0 Å². The van der Waals surface area contributed by atoms with E-state index in [4.69, 9.17) is 0 Å². The van der Waals surface area contributed by atoms with Gasteiger partial charge in [-0.25, -0.2) is 0 Å². The molecule has 0 aliphatic heterocycles. The molecule has 2 atom stereocenters. The van der Waals surface area contributed by atoms with E-state index in [2.05, 4.69) is 10.6 Å². The zero-order valence-corrected chi connectivity index (χ0v) is 11.3. The predicted molar refractivity (Wildman–Crippen MR) is 68.7 cm³/mol. The second kappa shape index (κ2) is 6.36. The van der Waals surface area contributed by atoms with Crippen LogP contribution in [0.4, 0.5) is 0 Å². The Kier molecular flexibility index (Phi) is 5.40. The van der Waals surface area contributed by atoms with E-state index < -0.39 is 0 Å². The van der Waals surface area contributed by atoms with Gasteiger partial charge in [0.05, 0.1) is 12.6 Å². The Morgan fingerprint density at radius 3 is 2.65 bits per heavy atom. The molecule has 3 N–H and O–H groups in total. The van der Waals surface area contributed by atoms with Crippen molar-refractivity contribution in [2.75, 3.05) is 13.1 Å². The van der Waals surface area contributed by atoms with Gasteiger partial charge < -0.3 is 15.7 Å². The van der Waals surface area contributed by atoms with Crippen LogP contribution in [0.25, 0.3) is 0 Å². The fourth-order valence-corrected chi connectivity index (χ4v) is 2.30. The SMILES string of the molecule is CC(C)(C)NC(=O)CNCC1CCCC(O)C1. The highest BCUT2D eigenvalue weighted by Gasteiger charge is 2.20. The van der Waals surface area contributed by atoms with Crippen LogP contribution < -0.4 is 10.6 Å². The van der Waals surface area contributed by atoms with Crippen LogP contribution in [0.1, 0.15) is 46.5 Å². The number of hydrogen-bond acceptors (Lipinski definition) is 3. The Balaban J connectivity index is 2.13. The molecule has 2 unspecified atom stereocenters. The van der Waals surface area contributed by atoms with Gasteiger partial charge in [0.15, 0.2) is 0 Å². The van der Waals surface area contributed by atoms with Crippen molar-refractivity contribution >= 4 is 5.91 Å². The molecular weight excluding hydrogens is 216 g/mol. The number of carbonyl (C=O) groups is 1. The van der Waals surface area contributed by atoms with E-state index >= 15 is 0 Å². The quantitative estimate of drug-likeness (QED) is 0.690. The summed E-state index contributed by atoms with van der Waals surface area (Å²) in [5, 5.41) is 15.6. The fourth-order valence-electron chi connectivity index (χ4n) is 2.30. The lowest BCUT2D eigenvalue weighted by Gasteiger charge is -2.26. The third kappa shape index (κ3) is 6.64. The van der Waals surface area contributed by atoms with Crippen molar-refractivity contribution in [1.82, 2.24) is 10.6 Å². The summed E-state index contributed by atoms with van der Waals surface area (Å²) in [5.41, 5.74) is -0.167. The molecular formula is C13H26N2O2. The summed E-state index contributed by atoms with van der Waals surface area (Å²) in [6.45, 7) is 7.12. The molecule has 1 aliphatic rings. The monoisotopic (exact) mass is 242 g/mol. The first-order valence-electron chi connectivity index (χ1n) is 6.56. The minimum atomic E-state index is -0.167. The van der Waals surface area contributed by atoms with Crippen molar-refractivity contribution in [2.45, 2.75) is 58.1 Å². The molecule has 1 fully saturated rings. The van der Waals surface area contributed by atoms with Crippen molar-refractivity contribution in [1.29, 1.82) is 0 Å². The van der Waals surface area contributed by atoms with Crippen LogP contribution in [0.5, 0.6) is 0 Å². The third-order valence-electron chi connectivity index (χ3n) is 2.99. The zero-order valence-electron chi connectivity index (χ0n) is 11.3. The summed E-state index contributed by atoms with van der Waals surface area (Å²) in [6.07, 6.45) is 3.92. The molecule has 17 heavy (non-hydrogen) atoms. The van der Waals surface area contributed by atoms with Gasteiger partial charge in [-0.1, -0.05) is 6.42 Å². The lowest BCUT2D eigenvalue weighted by atomic mass is 9.87. The lowest BCUT2D eigenvalue weighted by Crippen LogP contribution is -2.45. The molecule has 1 saturated carbocycles. The predicted octanol–water partition coefficient (Wildman–Crippen LogP) is 1.04. The average Bonchev–Trinajstić information content (AvgIpc) is 2.14. The van der Waals surface area contributed by atoms with Gasteiger partial charge in [-0.2, -0.15) is 0 Å². The molecule has 4 heteroatoms. The highest BCUT2D eigenvalue weighted by Crippen LogP contribution is 2.23. The molecule has 0 aromatic rings. The van der Waals surface area contributed by atoms with Gasteiger partial charge in [-0.15, -0.1) is 0 Å². The van der Waals surface area contributed by atoms with E-state index in [0.29, 0.717) is 12.5 Å². The first-order chi connectivity index (χ1) is 7.87. The number of amides is 1. The maximum atomic E-state index is 11.5. The summed E-state index contributed by atoms with van der Waals surface area (Å²) in [5.74, 6) is 0.551. The van der Waals surface area contributed by atoms with Crippen molar-refractivity contribution in [3.63, 3.8) is 0 Å². The van der Waals surface area contributed by atoms with E-state index in [1.165, 1.54) is 0 Å². The third-order valence-corrected chi connectivity index (χ3v) is 2.99. The largest absolute Gasteiger partial charge is 0.393 e. The zero-order chi connectivity index (χ0) is 12.9. The Morgan fingerprint density at radius 1 is 1.35 bits per heavy atom. The summed E-state index contributed by atoms with van der Waals surface area (Å²) >= 11 is 0. The first kappa shape index (κ1) is 14.5. The summed E-state index contributed by atoms with van der Waals surface area (Å²) in [6, 6.07) is 0. The Bertz CT molecular complexity index is 248. The molecule has 0 radical (unpaired) electrons. The minimum absolute atomic E-state index is 0.0360. The highest BCUT2D eigenvalue weighted by molar-refractivity contribution is 5.78. The van der Waals surface area contributed by atoms with E-state index in [1.54, 1.807) is 0 Å². The van der Waals surface area contributed by atoms with E-state index in [1.807, 2.05) is 20.8 Å². The number of aliphatic hydroxyl groups excluding tert-OH is 1. The highest BCUT2D eigenvalue weighted by atomic mass is 16.3. The molecule has 1 amide bonds. The number of carbonyl (C=O) groups excluding carboxylic acids is 1. The molecule has 0 aromatic heterocycles. The van der Waals surface area contributed by atoms with Gasteiger partial charge in [0.25, 0.3) is 0 Å². The van der Waals surface area contributed by atoms with Crippen LogP contribution in [-0.2, 0) is 4.79 Å².